The Morgan fingerprint density at radius 2 is 2.18 bits per heavy atom. The van der Waals surface area contributed by atoms with Crippen molar-refractivity contribution in [2.24, 2.45) is 5.84 Å². The second-order valence-electron chi connectivity index (χ2n) is 4.54. The minimum atomic E-state index is 0.102. The van der Waals surface area contributed by atoms with Gasteiger partial charge in [-0.15, -0.1) is 0 Å². The van der Waals surface area contributed by atoms with Crippen molar-refractivity contribution in [2.45, 2.75) is 30.6 Å². The standard InChI is InChI=1S/C12H16Cl2N2S/c1-12(5-2-6-17-12)11(16-15)8-3-4-9(13)10(14)7-8/h3-4,7,11,16H,2,5-6,15H2,1H3. The van der Waals surface area contributed by atoms with Crippen molar-refractivity contribution in [2.75, 3.05) is 5.75 Å². The lowest BCUT2D eigenvalue weighted by Crippen LogP contribution is -2.41. The fraction of sp³-hybridized carbons (Fsp3) is 0.500. The molecule has 0 spiro atoms. The van der Waals surface area contributed by atoms with Crippen molar-refractivity contribution in [1.82, 2.24) is 5.43 Å². The molecule has 0 aliphatic carbocycles. The monoisotopic (exact) mass is 290 g/mol. The van der Waals surface area contributed by atoms with Crippen LogP contribution in [0.25, 0.3) is 0 Å². The van der Waals surface area contributed by atoms with E-state index < -0.39 is 0 Å². The number of nitrogens with one attached hydrogen (secondary N) is 1. The van der Waals surface area contributed by atoms with Crippen LogP contribution in [0.3, 0.4) is 0 Å². The second kappa shape index (κ2) is 5.37. The first kappa shape index (κ1) is 13.5. The van der Waals surface area contributed by atoms with Gasteiger partial charge in [-0.3, -0.25) is 11.3 Å². The molecule has 0 saturated carbocycles. The van der Waals surface area contributed by atoms with Crippen LogP contribution < -0.4 is 11.3 Å². The van der Waals surface area contributed by atoms with E-state index in [1.807, 2.05) is 30.0 Å². The average Bonchev–Trinajstić information content (AvgIpc) is 2.72. The van der Waals surface area contributed by atoms with Crippen LogP contribution in [0.1, 0.15) is 31.4 Å². The summed E-state index contributed by atoms with van der Waals surface area (Å²) in [6.07, 6.45) is 2.40. The summed E-state index contributed by atoms with van der Waals surface area (Å²) in [7, 11) is 0. The van der Waals surface area contributed by atoms with Crippen LogP contribution in [-0.4, -0.2) is 10.5 Å². The molecule has 1 saturated heterocycles. The number of hydrazine groups is 1. The molecule has 2 rings (SSSR count). The zero-order valence-corrected chi connectivity index (χ0v) is 12.0. The van der Waals surface area contributed by atoms with Crippen molar-refractivity contribution < 1.29 is 0 Å². The van der Waals surface area contributed by atoms with E-state index >= 15 is 0 Å². The topological polar surface area (TPSA) is 38.0 Å². The summed E-state index contributed by atoms with van der Waals surface area (Å²) >= 11 is 14.0. The quantitative estimate of drug-likeness (QED) is 0.657. The summed E-state index contributed by atoms with van der Waals surface area (Å²) in [5.74, 6) is 6.91. The van der Waals surface area contributed by atoms with Crippen molar-refractivity contribution in [3.8, 4) is 0 Å². The molecule has 1 aromatic carbocycles. The van der Waals surface area contributed by atoms with Gasteiger partial charge in [0.2, 0.25) is 0 Å². The predicted molar refractivity (Wildman–Crippen MR) is 76.6 cm³/mol. The zero-order valence-electron chi connectivity index (χ0n) is 9.67. The molecule has 0 radical (unpaired) electrons. The minimum absolute atomic E-state index is 0.102. The highest BCUT2D eigenvalue weighted by Gasteiger charge is 2.38. The maximum absolute atomic E-state index is 6.06. The summed E-state index contributed by atoms with van der Waals surface area (Å²) in [6.45, 7) is 2.25. The molecule has 0 bridgehead atoms. The molecule has 5 heteroatoms. The first-order valence-corrected chi connectivity index (χ1v) is 7.36. The van der Waals surface area contributed by atoms with Crippen LogP contribution in [0.4, 0.5) is 0 Å². The minimum Gasteiger partial charge on any atom is -0.271 e. The summed E-state index contributed by atoms with van der Waals surface area (Å²) in [4.78, 5) is 0. The molecule has 0 amide bonds. The molecule has 1 aromatic rings. The third-order valence-electron chi connectivity index (χ3n) is 3.30. The van der Waals surface area contributed by atoms with E-state index in [0.717, 1.165) is 12.0 Å². The molecule has 0 aromatic heterocycles. The van der Waals surface area contributed by atoms with Gasteiger partial charge in [-0.2, -0.15) is 11.8 Å². The van der Waals surface area contributed by atoms with Crippen molar-refractivity contribution in [3.05, 3.63) is 33.8 Å². The van der Waals surface area contributed by atoms with Gasteiger partial charge in [-0.25, -0.2) is 0 Å². The molecule has 94 valence electrons. The van der Waals surface area contributed by atoms with Crippen LogP contribution >= 0.6 is 35.0 Å². The molecule has 2 nitrogen and oxygen atoms in total. The van der Waals surface area contributed by atoms with E-state index in [9.17, 15) is 0 Å². The normalized spacial score (nSPS) is 26.1. The van der Waals surface area contributed by atoms with Gasteiger partial charge < -0.3 is 0 Å². The van der Waals surface area contributed by atoms with E-state index in [4.69, 9.17) is 29.0 Å². The second-order valence-corrected chi connectivity index (χ2v) is 6.98. The smallest absolute Gasteiger partial charge is 0.0604 e. The summed E-state index contributed by atoms with van der Waals surface area (Å²) in [5.41, 5.74) is 4.02. The van der Waals surface area contributed by atoms with Crippen molar-refractivity contribution in [3.63, 3.8) is 0 Å². The first-order chi connectivity index (χ1) is 8.07. The molecule has 1 fully saturated rings. The molecule has 3 N–H and O–H groups in total. The predicted octanol–water partition coefficient (Wildman–Crippen LogP) is 3.78. The highest BCUT2D eigenvalue weighted by Crippen LogP contribution is 2.46. The Hall–Kier alpha value is 0.0700. The summed E-state index contributed by atoms with van der Waals surface area (Å²) in [5, 5.41) is 1.16. The number of hydrogen-bond donors (Lipinski definition) is 2. The van der Waals surface area contributed by atoms with Gasteiger partial charge in [-0.05, 0) is 43.2 Å². The van der Waals surface area contributed by atoms with Gasteiger partial charge in [0.15, 0.2) is 0 Å². The van der Waals surface area contributed by atoms with Gasteiger partial charge in [-0.1, -0.05) is 29.3 Å². The van der Waals surface area contributed by atoms with Gasteiger partial charge >= 0.3 is 0 Å². The highest BCUT2D eigenvalue weighted by atomic mass is 35.5. The van der Waals surface area contributed by atoms with Crippen LogP contribution in [0.2, 0.25) is 10.0 Å². The molecular formula is C12H16Cl2N2S. The number of hydrogen-bond acceptors (Lipinski definition) is 3. The largest absolute Gasteiger partial charge is 0.271 e. The molecule has 1 aliphatic heterocycles. The first-order valence-electron chi connectivity index (χ1n) is 5.62. The number of nitrogens with two attached hydrogens (primary N) is 1. The van der Waals surface area contributed by atoms with Gasteiger partial charge in [0.25, 0.3) is 0 Å². The van der Waals surface area contributed by atoms with Gasteiger partial charge in [0.05, 0.1) is 16.1 Å². The fourth-order valence-electron chi connectivity index (χ4n) is 2.35. The molecule has 2 unspecified atom stereocenters. The van der Waals surface area contributed by atoms with Crippen LogP contribution in [0.5, 0.6) is 0 Å². The summed E-state index contributed by atoms with van der Waals surface area (Å²) in [6, 6.07) is 5.82. The third kappa shape index (κ3) is 2.74. The zero-order chi connectivity index (χ0) is 12.5. The maximum Gasteiger partial charge on any atom is 0.0604 e. The van der Waals surface area contributed by atoms with E-state index in [0.29, 0.717) is 10.0 Å². The lowest BCUT2D eigenvalue weighted by atomic mass is 9.91. The average molecular weight is 291 g/mol. The van der Waals surface area contributed by atoms with E-state index in [-0.39, 0.29) is 10.8 Å². The van der Waals surface area contributed by atoms with E-state index in [1.54, 1.807) is 0 Å². The van der Waals surface area contributed by atoms with Crippen LogP contribution in [-0.2, 0) is 0 Å². The Morgan fingerprint density at radius 3 is 2.71 bits per heavy atom. The Kier molecular flexibility index (Phi) is 4.26. The molecule has 1 aliphatic rings. The van der Waals surface area contributed by atoms with Crippen molar-refractivity contribution in [1.29, 1.82) is 0 Å². The third-order valence-corrected chi connectivity index (χ3v) is 5.63. The van der Waals surface area contributed by atoms with E-state index in [1.165, 1.54) is 12.2 Å². The number of halogens is 2. The van der Waals surface area contributed by atoms with E-state index in [2.05, 4.69) is 12.3 Å². The molecule has 1 heterocycles. The SMILES string of the molecule is CC1(C(NN)c2ccc(Cl)c(Cl)c2)CCCS1. The Morgan fingerprint density at radius 1 is 1.41 bits per heavy atom. The number of benzene rings is 1. The van der Waals surface area contributed by atoms with Gasteiger partial charge in [0, 0.05) is 4.75 Å². The number of rotatable bonds is 3. The summed E-state index contributed by atoms with van der Waals surface area (Å²) < 4.78 is 0.131. The van der Waals surface area contributed by atoms with Crippen LogP contribution in [0, 0.1) is 0 Å². The van der Waals surface area contributed by atoms with Crippen LogP contribution in [0.15, 0.2) is 18.2 Å². The number of thioether (sulfide) groups is 1. The molecular weight excluding hydrogens is 275 g/mol. The highest BCUT2D eigenvalue weighted by molar-refractivity contribution is 8.00. The van der Waals surface area contributed by atoms with Crippen molar-refractivity contribution >= 4 is 35.0 Å². The maximum atomic E-state index is 6.06. The molecule has 17 heavy (non-hydrogen) atoms. The Labute approximate surface area is 116 Å². The van der Waals surface area contributed by atoms with Gasteiger partial charge in [0.1, 0.15) is 0 Å². The lowest BCUT2D eigenvalue weighted by molar-refractivity contribution is 0.421. The molecule has 2 atom stereocenters. The Balaban J connectivity index is 2.31. The Bertz CT molecular complexity index is 405. The lowest BCUT2D eigenvalue weighted by Gasteiger charge is -2.33. The fourth-order valence-corrected chi connectivity index (χ4v) is 4.07.